The first kappa shape index (κ1) is 16.5. The van der Waals surface area contributed by atoms with Gasteiger partial charge in [0.1, 0.15) is 5.75 Å². The van der Waals surface area contributed by atoms with Gasteiger partial charge in [-0.05, 0) is 37.0 Å². The van der Waals surface area contributed by atoms with E-state index in [9.17, 15) is 5.11 Å². The fourth-order valence-electron chi connectivity index (χ4n) is 3.51. The predicted molar refractivity (Wildman–Crippen MR) is 93.4 cm³/mol. The van der Waals surface area contributed by atoms with E-state index in [1.54, 1.807) is 0 Å². The Morgan fingerprint density at radius 1 is 1.22 bits per heavy atom. The van der Waals surface area contributed by atoms with E-state index in [4.69, 9.17) is 9.73 Å². The fourth-order valence-corrected chi connectivity index (χ4v) is 3.51. The van der Waals surface area contributed by atoms with Crippen LogP contribution in [-0.4, -0.2) is 48.6 Å². The van der Waals surface area contributed by atoms with E-state index in [-0.39, 0.29) is 0 Å². The molecule has 1 saturated heterocycles. The second-order valence-electron chi connectivity index (χ2n) is 6.81. The Hall–Kier alpha value is -1.39. The Bertz CT molecular complexity index is 545. The number of aromatic hydroxyl groups is 1. The van der Waals surface area contributed by atoms with Gasteiger partial charge in [-0.2, -0.15) is 0 Å². The summed E-state index contributed by atoms with van der Waals surface area (Å²) in [6, 6.07) is 4.61. The first-order valence-corrected chi connectivity index (χ1v) is 8.88. The highest BCUT2D eigenvalue weighted by Gasteiger charge is 2.14. The van der Waals surface area contributed by atoms with Crippen LogP contribution in [0.15, 0.2) is 17.1 Å². The van der Waals surface area contributed by atoms with Crippen molar-refractivity contribution in [2.75, 3.05) is 26.3 Å². The normalized spacial score (nSPS) is 21.1. The molecule has 126 valence electrons. The average molecular weight is 316 g/mol. The number of phenolic OH excluding ortho intramolecular Hbond substituents is 1. The largest absolute Gasteiger partial charge is 0.507 e. The van der Waals surface area contributed by atoms with Gasteiger partial charge in [-0.15, -0.1) is 0 Å². The van der Waals surface area contributed by atoms with Crippen molar-refractivity contribution in [2.45, 2.75) is 51.6 Å². The maximum Gasteiger partial charge on any atom is 0.127 e. The highest BCUT2D eigenvalue weighted by molar-refractivity contribution is 5.84. The maximum absolute atomic E-state index is 10.3. The van der Waals surface area contributed by atoms with Crippen LogP contribution in [0.25, 0.3) is 0 Å². The molecule has 1 aliphatic heterocycles. The van der Waals surface area contributed by atoms with Gasteiger partial charge in [0.25, 0.3) is 0 Å². The zero-order valence-electron chi connectivity index (χ0n) is 14.1. The lowest BCUT2D eigenvalue weighted by Gasteiger charge is -2.27. The van der Waals surface area contributed by atoms with E-state index in [0.29, 0.717) is 11.8 Å². The fraction of sp³-hybridized carbons (Fsp3) is 0.632. The molecule has 0 amide bonds. The highest BCUT2D eigenvalue weighted by Crippen LogP contribution is 2.25. The number of ether oxygens (including phenoxy) is 1. The molecule has 0 spiro atoms. The Morgan fingerprint density at radius 3 is 2.70 bits per heavy atom. The standard InChI is InChI=1S/C19H28N2O2/c1-15-11-16(14-21-7-9-23-10-8-21)12-17(19(15)22)13-20-18-5-3-2-4-6-18/h11-13,18,22H,2-10,14H2,1H3. The Kier molecular flexibility index (Phi) is 5.68. The molecule has 0 radical (unpaired) electrons. The number of hydrogen-bond acceptors (Lipinski definition) is 4. The number of hydrogen-bond donors (Lipinski definition) is 1. The summed E-state index contributed by atoms with van der Waals surface area (Å²) in [5.74, 6) is 0.371. The van der Waals surface area contributed by atoms with E-state index in [0.717, 1.165) is 44.0 Å². The molecule has 0 bridgehead atoms. The first-order chi connectivity index (χ1) is 11.2. The van der Waals surface area contributed by atoms with E-state index in [1.807, 2.05) is 13.1 Å². The number of phenols is 1. The van der Waals surface area contributed by atoms with Crippen molar-refractivity contribution in [3.05, 3.63) is 28.8 Å². The predicted octanol–water partition coefficient (Wildman–Crippen LogP) is 3.28. The lowest BCUT2D eigenvalue weighted by atomic mass is 9.96. The lowest BCUT2D eigenvalue weighted by molar-refractivity contribution is 0.0342. The molecule has 1 saturated carbocycles. The number of benzene rings is 1. The molecule has 3 rings (SSSR count). The Morgan fingerprint density at radius 2 is 1.96 bits per heavy atom. The molecule has 1 N–H and O–H groups in total. The molecule has 0 aromatic heterocycles. The van der Waals surface area contributed by atoms with Crippen molar-refractivity contribution in [3.8, 4) is 5.75 Å². The van der Waals surface area contributed by atoms with Gasteiger partial charge in [0, 0.05) is 37.5 Å². The van der Waals surface area contributed by atoms with Crippen LogP contribution in [0.4, 0.5) is 0 Å². The summed E-state index contributed by atoms with van der Waals surface area (Å²) in [5.41, 5.74) is 3.03. The van der Waals surface area contributed by atoms with Crippen LogP contribution in [0.3, 0.4) is 0 Å². The van der Waals surface area contributed by atoms with Crippen LogP contribution in [0.1, 0.15) is 48.8 Å². The zero-order valence-corrected chi connectivity index (χ0v) is 14.1. The summed E-state index contributed by atoms with van der Waals surface area (Å²) in [5, 5.41) is 10.3. The van der Waals surface area contributed by atoms with Crippen molar-refractivity contribution < 1.29 is 9.84 Å². The molecule has 1 aliphatic carbocycles. The van der Waals surface area contributed by atoms with E-state index in [2.05, 4.69) is 17.0 Å². The lowest BCUT2D eigenvalue weighted by Crippen LogP contribution is -2.35. The minimum atomic E-state index is 0.371. The van der Waals surface area contributed by atoms with Crippen LogP contribution in [0.2, 0.25) is 0 Å². The number of aliphatic imine (C=N–C) groups is 1. The minimum absolute atomic E-state index is 0.371. The van der Waals surface area contributed by atoms with Gasteiger partial charge in [-0.25, -0.2) is 0 Å². The SMILES string of the molecule is Cc1cc(CN2CCOCC2)cc(C=NC2CCCCC2)c1O. The summed E-state index contributed by atoms with van der Waals surface area (Å²) >= 11 is 0. The summed E-state index contributed by atoms with van der Waals surface area (Å²) < 4.78 is 5.41. The highest BCUT2D eigenvalue weighted by atomic mass is 16.5. The molecular weight excluding hydrogens is 288 g/mol. The first-order valence-electron chi connectivity index (χ1n) is 8.88. The second-order valence-corrected chi connectivity index (χ2v) is 6.81. The van der Waals surface area contributed by atoms with Gasteiger partial charge in [0.15, 0.2) is 0 Å². The third-order valence-electron chi connectivity index (χ3n) is 4.90. The summed E-state index contributed by atoms with van der Waals surface area (Å²) in [6.07, 6.45) is 8.16. The van der Waals surface area contributed by atoms with Gasteiger partial charge in [-0.3, -0.25) is 9.89 Å². The van der Waals surface area contributed by atoms with Crippen LogP contribution in [-0.2, 0) is 11.3 Å². The van der Waals surface area contributed by atoms with Crippen molar-refractivity contribution in [1.29, 1.82) is 0 Å². The van der Waals surface area contributed by atoms with Crippen LogP contribution < -0.4 is 0 Å². The minimum Gasteiger partial charge on any atom is -0.507 e. The molecular formula is C19H28N2O2. The molecule has 4 nitrogen and oxygen atoms in total. The molecule has 1 aromatic carbocycles. The van der Waals surface area contributed by atoms with Crippen LogP contribution >= 0.6 is 0 Å². The topological polar surface area (TPSA) is 45.1 Å². The molecule has 23 heavy (non-hydrogen) atoms. The Labute approximate surface area is 139 Å². The van der Waals surface area contributed by atoms with Gasteiger partial charge in [0.05, 0.1) is 13.2 Å². The molecule has 1 aromatic rings. The van der Waals surface area contributed by atoms with Crippen molar-refractivity contribution in [1.82, 2.24) is 4.90 Å². The van der Waals surface area contributed by atoms with Crippen molar-refractivity contribution in [3.63, 3.8) is 0 Å². The van der Waals surface area contributed by atoms with Gasteiger partial charge >= 0.3 is 0 Å². The third-order valence-corrected chi connectivity index (χ3v) is 4.90. The smallest absolute Gasteiger partial charge is 0.127 e. The summed E-state index contributed by atoms with van der Waals surface area (Å²) in [6.45, 7) is 6.46. The molecule has 0 atom stereocenters. The van der Waals surface area contributed by atoms with Crippen LogP contribution in [0, 0.1) is 6.92 Å². The van der Waals surface area contributed by atoms with Gasteiger partial charge in [0.2, 0.25) is 0 Å². The summed E-state index contributed by atoms with van der Waals surface area (Å²) in [4.78, 5) is 7.12. The molecule has 2 fully saturated rings. The van der Waals surface area contributed by atoms with Crippen molar-refractivity contribution >= 4 is 6.21 Å². The molecule has 2 aliphatic rings. The number of aryl methyl sites for hydroxylation is 1. The Balaban J connectivity index is 1.71. The average Bonchev–Trinajstić information content (AvgIpc) is 2.58. The molecule has 1 heterocycles. The number of nitrogens with zero attached hydrogens (tertiary/aromatic N) is 2. The zero-order chi connectivity index (χ0) is 16.1. The van der Waals surface area contributed by atoms with Gasteiger partial charge < -0.3 is 9.84 Å². The number of rotatable bonds is 4. The van der Waals surface area contributed by atoms with Crippen molar-refractivity contribution in [2.24, 2.45) is 4.99 Å². The molecule has 0 unspecified atom stereocenters. The number of morpholine rings is 1. The third kappa shape index (κ3) is 4.55. The monoisotopic (exact) mass is 316 g/mol. The van der Waals surface area contributed by atoms with E-state index >= 15 is 0 Å². The molecule has 4 heteroatoms. The van der Waals surface area contributed by atoms with Gasteiger partial charge in [-0.1, -0.05) is 25.3 Å². The summed E-state index contributed by atoms with van der Waals surface area (Å²) in [7, 11) is 0. The second kappa shape index (κ2) is 7.93. The van der Waals surface area contributed by atoms with E-state index in [1.165, 1.54) is 37.7 Å². The van der Waals surface area contributed by atoms with E-state index < -0.39 is 0 Å². The maximum atomic E-state index is 10.3. The van der Waals surface area contributed by atoms with Crippen LogP contribution in [0.5, 0.6) is 5.75 Å². The quantitative estimate of drug-likeness (QED) is 0.867.